The Kier molecular flexibility index (Phi) is 8.13. The summed E-state index contributed by atoms with van der Waals surface area (Å²) in [5.41, 5.74) is 0.894. The first kappa shape index (κ1) is 21.9. The zero-order chi connectivity index (χ0) is 19.3. The van der Waals surface area contributed by atoms with Crippen molar-refractivity contribution in [3.8, 4) is 5.75 Å². The molecule has 2 N–H and O–H groups in total. The fourth-order valence-electron chi connectivity index (χ4n) is 2.94. The quantitative estimate of drug-likeness (QED) is 0.499. The van der Waals surface area contributed by atoms with Crippen LogP contribution in [0.2, 0.25) is 10.0 Å². The van der Waals surface area contributed by atoms with Crippen LogP contribution in [0.25, 0.3) is 0 Å². The van der Waals surface area contributed by atoms with E-state index in [4.69, 9.17) is 27.9 Å². The lowest BCUT2D eigenvalue weighted by Gasteiger charge is -2.35. The third-order valence-corrected chi connectivity index (χ3v) is 6.69. The van der Waals surface area contributed by atoms with E-state index < -0.39 is 11.4 Å². The van der Waals surface area contributed by atoms with Gasteiger partial charge in [-0.15, -0.1) is 4.72 Å². The molecule has 1 saturated heterocycles. The predicted octanol–water partition coefficient (Wildman–Crippen LogP) is 4.65. The molecule has 4 nitrogen and oxygen atoms in total. The maximum Gasteiger partial charge on any atom is 0.136 e. The molecule has 0 saturated carbocycles. The largest absolute Gasteiger partial charge is 0.598 e. The van der Waals surface area contributed by atoms with Gasteiger partial charge in [-0.3, -0.25) is 0 Å². The normalized spacial score (nSPS) is 18.4. The van der Waals surface area contributed by atoms with E-state index in [0.717, 1.165) is 31.5 Å². The SMILES string of the molecule is C=CCOc1cc(Cl)c(Cl)cc1C(N[S+]([O-])C(C)(C)C)C1CCNCC1. The zero-order valence-corrected chi connectivity index (χ0v) is 17.9. The summed E-state index contributed by atoms with van der Waals surface area (Å²) in [7, 11) is 0. The monoisotopic (exact) mass is 418 g/mol. The minimum Gasteiger partial charge on any atom is -0.598 e. The summed E-state index contributed by atoms with van der Waals surface area (Å²) in [5, 5.41) is 4.29. The second kappa shape index (κ2) is 9.67. The van der Waals surface area contributed by atoms with Gasteiger partial charge in [0.2, 0.25) is 0 Å². The predicted molar refractivity (Wildman–Crippen MR) is 112 cm³/mol. The van der Waals surface area contributed by atoms with E-state index >= 15 is 0 Å². The van der Waals surface area contributed by atoms with Crippen LogP contribution in [0.1, 0.15) is 45.2 Å². The molecule has 146 valence electrons. The molecule has 26 heavy (non-hydrogen) atoms. The van der Waals surface area contributed by atoms with E-state index in [2.05, 4.69) is 16.6 Å². The number of hydrogen-bond donors (Lipinski definition) is 2. The number of benzene rings is 1. The number of nitrogens with one attached hydrogen (secondary N) is 2. The first-order chi connectivity index (χ1) is 12.2. The van der Waals surface area contributed by atoms with Crippen molar-refractivity contribution < 1.29 is 9.29 Å². The Morgan fingerprint density at radius 2 is 1.96 bits per heavy atom. The van der Waals surface area contributed by atoms with Crippen LogP contribution in [0.5, 0.6) is 5.75 Å². The van der Waals surface area contributed by atoms with E-state index in [-0.39, 0.29) is 10.8 Å². The van der Waals surface area contributed by atoms with Gasteiger partial charge in [-0.05, 0) is 58.7 Å². The average molecular weight is 419 g/mol. The van der Waals surface area contributed by atoms with Crippen LogP contribution in [-0.2, 0) is 11.4 Å². The number of rotatable bonds is 7. The summed E-state index contributed by atoms with van der Waals surface area (Å²) in [6.07, 6.45) is 3.66. The Bertz CT molecular complexity index is 616. The first-order valence-electron chi connectivity index (χ1n) is 8.85. The van der Waals surface area contributed by atoms with E-state index in [9.17, 15) is 4.55 Å². The van der Waals surface area contributed by atoms with Gasteiger partial charge in [0.05, 0.1) is 16.1 Å². The van der Waals surface area contributed by atoms with Crippen LogP contribution < -0.4 is 14.8 Å². The van der Waals surface area contributed by atoms with Gasteiger partial charge in [0.15, 0.2) is 0 Å². The molecule has 2 atom stereocenters. The maximum atomic E-state index is 12.8. The van der Waals surface area contributed by atoms with Crippen molar-refractivity contribution in [3.63, 3.8) is 0 Å². The standard InChI is InChI=1S/C19H28Cl2N2O2S/c1-5-10-25-17-12-16(21)15(20)11-14(17)18(13-6-8-22-9-7-13)23-26(24)19(2,3)4/h5,11-13,18,22-23H,1,6-10H2,2-4H3. The van der Waals surface area contributed by atoms with Crippen LogP contribution in [-0.4, -0.2) is 29.0 Å². The van der Waals surface area contributed by atoms with Crippen molar-refractivity contribution >= 4 is 34.6 Å². The van der Waals surface area contributed by atoms with E-state index in [0.29, 0.717) is 28.3 Å². The lowest BCUT2D eigenvalue weighted by atomic mass is 9.86. The molecule has 2 unspecified atom stereocenters. The number of halogens is 2. The van der Waals surface area contributed by atoms with Crippen molar-refractivity contribution in [2.24, 2.45) is 5.92 Å². The van der Waals surface area contributed by atoms with Crippen molar-refractivity contribution in [1.82, 2.24) is 10.0 Å². The average Bonchev–Trinajstić information content (AvgIpc) is 2.60. The Balaban J connectivity index is 2.42. The molecule has 2 rings (SSSR count). The van der Waals surface area contributed by atoms with Crippen LogP contribution in [0.15, 0.2) is 24.8 Å². The van der Waals surface area contributed by atoms with Gasteiger partial charge in [-0.1, -0.05) is 35.9 Å². The van der Waals surface area contributed by atoms with Crippen molar-refractivity contribution in [2.75, 3.05) is 19.7 Å². The van der Waals surface area contributed by atoms with Gasteiger partial charge in [-0.25, -0.2) is 0 Å². The smallest absolute Gasteiger partial charge is 0.136 e. The highest BCUT2D eigenvalue weighted by atomic mass is 35.5. The minimum atomic E-state index is -1.22. The molecule has 0 radical (unpaired) electrons. The van der Waals surface area contributed by atoms with Crippen LogP contribution in [0.3, 0.4) is 0 Å². The molecule has 1 aliphatic heterocycles. The molecule has 1 heterocycles. The number of piperidine rings is 1. The number of hydrogen-bond acceptors (Lipinski definition) is 4. The molecular formula is C19H28Cl2N2O2S. The van der Waals surface area contributed by atoms with Gasteiger partial charge in [-0.2, -0.15) is 0 Å². The summed E-state index contributed by atoms with van der Waals surface area (Å²) >= 11 is 11.3. The van der Waals surface area contributed by atoms with Crippen molar-refractivity contribution in [3.05, 3.63) is 40.4 Å². The molecule has 0 bridgehead atoms. The van der Waals surface area contributed by atoms with Crippen LogP contribution >= 0.6 is 23.2 Å². The third kappa shape index (κ3) is 5.78. The second-order valence-corrected chi connectivity index (χ2v) is 10.3. The molecule has 0 aliphatic carbocycles. The van der Waals surface area contributed by atoms with E-state index in [1.54, 1.807) is 12.1 Å². The van der Waals surface area contributed by atoms with Gasteiger partial charge in [0.25, 0.3) is 0 Å². The highest BCUT2D eigenvalue weighted by Crippen LogP contribution is 2.40. The number of ether oxygens (including phenoxy) is 1. The molecule has 7 heteroatoms. The Morgan fingerprint density at radius 3 is 2.54 bits per heavy atom. The summed E-state index contributed by atoms with van der Waals surface area (Å²) in [5.74, 6) is 0.979. The van der Waals surface area contributed by atoms with Gasteiger partial charge in [0.1, 0.15) is 17.1 Å². The highest BCUT2D eigenvalue weighted by Gasteiger charge is 2.35. The molecular weight excluding hydrogens is 391 g/mol. The third-order valence-electron chi connectivity index (χ3n) is 4.39. The Labute approximate surface area is 170 Å². The molecule has 0 aromatic heterocycles. The first-order valence-corrected chi connectivity index (χ1v) is 10.8. The van der Waals surface area contributed by atoms with Gasteiger partial charge in [0, 0.05) is 23.0 Å². The zero-order valence-electron chi connectivity index (χ0n) is 15.6. The lowest BCUT2D eigenvalue weighted by molar-refractivity contribution is 0.292. The topological polar surface area (TPSA) is 56.3 Å². The molecule has 0 spiro atoms. The van der Waals surface area contributed by atoms with Gasteiger partial charge < -0.3 is 14.6 Å². The Hall–Kier alpha value is -0.430. The van der Waals surface area contributed by atoms with Crippen molar-refractivity contribution in [1.29, 1.82) is 0 Å². The second-order valence-electron chi connectivity index (χ2n) is 7.47. The van der Waals surface area contributed by atoms with Crippen LogP contribution in [0.4, 0.5) is 0 Å². The minimum absolute atomic E-state index is 0.133. The van der Waals surface area contributed by atoms with E-state index in [1.807, 2.05) is 26.8 Å². The molecule has 1 aromatic carbocycles. The molecule has 1 aliphatic rings. The molecule has 1 aromatic rings. The fourth-order valence-corrected chi connectivity index (χ4v) is 4.17. The van der Waals surface area contributed by atoms with Crippen LogP contribution in [0, 0.1) is 5.92 Å². The Morgan fingerprint density at radius 1 is 1.35 bits per heavy atom. The lowest BCUT2D eigenvalue weighted by Crippen LogP contribution is -2.45. The highest BCUT2D eigenvalue weighted by molar-refractivity contribution is 7.90. The summed E-state index contributed by atoms with van der Waals surface area (Å²) in [6.45, 7) is 11.8. The summed E-state index contributed by atoms with van der Waals surface area (Å²) in [4.78, 5) is 0. The van der Waals surface area contributed by atoms with Crippen molar-refractivity contribution in [2.45, 2.75) is 44.4 Å². The summed E-state index contributed by atoms with van der Waals surface area (Å²) < 4.78 is 21.7. The maximum absolute atomic E-state index is 12.8. The molecule has 1 fully saturated rings. The fraction of sp³-hybridized carbons (Fsp3) is 0.579. The van der Waals surface area contributed by atoms with E-state index in [1.165, 1.54) is 0 Å². The summed E-state index contributed by atoms with van der Waals surface area (Å²) in [6, 6.07) is 3.44. The molecule has 0 amide bonds. The van der Waals surface area contributed by atoms with Gasteiger partial charge >= 0.3 is 0 Å².